The molecule has 0 radical (unpaired) electrons. The second-order valence-electron chi connectivity index (χ2n) is 3.94. The van der Waals surface area contributed by atoms with Crippen molar-refractivity contribution >= 4 is 40.8 Å². The van der Waals surface area contributed by atoms with Crippen LogP contribution in [0.5, 0.6) is 0 Å². The van der Waals surface area contributed by atoms with E-state index in [0.29, 0.717) is 5.69 Å². The van der Waals surface area contributed by atoms with Gasteiger partial charge in [0.05, 0.1) is 21.2 Å². The van der Waals surface area contributed by atoms with Crippen LogP contribution in [0.3, 0.4) is 0 Å². The number of halogens is 2. The zero-order valence-electron chi connectivity index (χ0n) is 10.1. The number of benzene rings is 2. The van der Waals surface area contributed by atoms with Crippen molar-refractivity contribution in [1.82, 2.24) is 0 Å². The standard InChI is InChI=1S/C14H9Cl2NO3/c15-11-6-9(10(14(19)20)7-12(11)16)13(18)17-8-4-2-1-3-5-8/h1-7H,(H,17,18)(H,19,20). The van der Waals surface area contributed by atoms with Crippen LogP contribution < -0.4 is 5.32 Å². The molecule has 0 saturated carbocycles. The highest BCUT2D eigenvalue weighted by molar-refractivity contribution is 6.42. The van der Waals surface area contributed by atoms with E-state index in [-0.39, 0.29) is 21.2 Å². The quantitative estimate of drug-likeness (QED) is 0.902. The highest BCUT2D eigenvalue weighted by Gasteiger charge is 2.19. The summed E-state index contributed by atoms with van der Waals surface area (Å²) in [5, 5.41) is 11.9. The molecule has 2 aromatic carbocycles. The normalized spacial score (nSPS) is 10.1. The van der Waals surface area contributed by atoms with Crippen LogP contribution in [0.4, 0.5) is 5.69 Å². The van der Waals surface area contributed by atoms with E-state index < -0.39 is 11.9 Å². The second kappa shape index (κ2) is 5.94. The summed E-state index contributed by atoms with van der Waals surface area (Å²) in [5.41, 5.74) is 0.309. The van der Waals surface area contributed by atoms with Crippen molar-refractivity contribution in [2.24, 2.45) is 0 Å². The maximum absolute atomic E-state index is 12.1. The summed E-state index contributed by atoms with van der Waals surface area (Å²) in [6.07, 6.45) is 0. The minimum absolute atomic E-state index is 0.0456. The molecule has 2 N–H and O–H groups in total. The predicted octanol–water partition coefficient (Wildman–Crippen LogP) is 3.94. The lowest BCUT2D eigenvalue weighted by atomic mass is 10.1. The average molecular weight is 310 g/mol. The number of para-hydroxylation sites is 1. The number of carbonyl (C=O) groups excluding carboxylic acids is 1. The number of carboxylic acid groups (broad SMARTS) is 1. The summed E-state index contributed by atoms with van der Waals surface area (Å²) in [7, 11) is 0. The third kappa shape index (κ3) is 3.10. The molecule has 0 aliphatic rings. The number of nitrogens with one attached hydrogen (secondary N) is 1. The maximum atomic E-state index is 12.1. The SMILES string of the molecule is O=C(O)c1cc(Cl)c(Cl)cc1C(=O)Nc1ccccc1. The van der Waals surface area contributed by atoms with Crippen molar-refractivity contribution < 1.29 is 14.7 Å². The Balaban J connectivity index is 2.39. The molecule has 2 aromatic rings. The average Bonchev–Trinajstić information content (AvgIpc) is 2.42. The molecule has 0 saturated heterocycles. The van der Waals surface area contributed by atoms with Gasteiger partial charge in [0.1, 0.15) is 0 Å². The summed E-state index contributed by atoms with van der Waals surface area (Å²) < 4.78 is 0. The molecule has 0 bridgehead atoms. The van der Waals surface area contributed by atoms with Gasteiger partial charge in [-0.2, -0.15) is 0 Å². The van der Waals surface area contributed by atoms with Crippen molar-refractivity contribution in [2.45, 2.75) is 0 Å². The summed E-state index contributed by atoms with van der Waals surface area (Å²) >= 11 is 11.6. The Morgan fingerprint density at radius 3 is 2.05 bits per heavy atom. The third-order valence-corrected chi connectivity index (χ3v) is 3.29. The van der Waals surface area contributed by atoms with Crippen molar-refractivity contribution in [1.29, 1.82) is 0 Å². The van der Waals surface area contributed by atoms with Gasteiger partial charge >= 0.3 is 5.97 Å². The van der Waals surface area contributed by atoms with E-state index in [1.165, 1.54) is 6.07 Å². The number of aromatic carboxylic acids is 1. The number of anilines is 1. The van der Waals surface area contributed by atoms with E-state index >= 15 is 0 Å². The third-order valence-electron chi connectivity index (χ3n) is 2.57. The van der Waals surface area contributed by atoms with Gasteiger partial charge in [-0.1, -0.05) is 41.4 Å². The van der Waals surface area contributed by atoms with Crippen molar-refractivity contribution in [2.75, 3.05) is 5.32 Å². The molecule has 0 heterocycles. The second-order valence-corrected chi connectivity index (χ2v) is 4.75. The van der Waals surface area contributed by atoms with Crippen LogP contribution in [0.2, 0.25) is 10.0 Å². The van der Waals surface area contributed by atoms with Crippen LogP contribution in [0, 0.1) is 0 Å². The van der Waals surface area contributed by atoms with Crippen LogP contribution in [-0.2, 0) is 0 Å². The number of amides is 1. The van der Waals surface area contributed by atoms with Gasteiger partial charge in [-0.25, -0.2) is 4.79 Å². The molecule has 102 valence electrons. The highest BCUT2D eigenvalue weighted by atomic mass is 35.5. The molecule has 4 nitrogen and oxygen atoms in total. The van der Waals surface area contributed by atoms with Crippen molar-refractivity contribution in [3.05, 3.63) is 63.6 Å². The van der Waals surface area contributed by atoms with E-state index in [2.05, 4.69) is 5.32 Å². The van der Waals surface area contributed by atoms with Crippen LogP contribution in [0.25, 0.3) is 0 Å². The van der Waals surface area contributed by atoms with Gasteiger partial charge in [0.15, 0.2) is 0 Å². The summed E-state index contributed by atoms with van der Waals surface area (Å²) in [6, 6.07) is 11.1. The molecule has 0 aliphatic heterocycles. The van der Waals surface area contributed by atoms with Crippen LogP contribution in [-0.4, -0.2) is 17.0 Å². The zero-order chi connectivity index (χ0) is 14.7. The van der Waals surface area contributed by atoms with E-state index in [9.17, 15) is 9.59 Å². The van der Waals surface area contributed by atoms with Crippen LogP contribution in [0.1, 0.15) is 20.7 Å². The van der Waals surface area contributed by atoms with Gasteiger partial charge in [-0.05, 0) is 24.3 Å². The summed E-state index contributed by atoms with van der Waals surface area (Å²) in [5.74, 6) is -1.81. The molecule has 0 unspecified atom stereocenters. The first-order valence-corrected chi connectivity index (χ1v) is 6.33. The fraction of sp³-hybridized carbons (Fsp3) is 0. The van der Waals surface area contributed by atoms with E-state index in [1.54, 1.807) is 30.3 Å². The van der Waals surface area contributed by atoms with Crippen molar-refractivity contribution in [3.8, 4) is 0 Å². The molecule has 0 spiro atoms. The van der Waals surface area contributed by atoms with Gasteiger partial charge in [-0.15, -0.1) is 0 Å². The van der Waals surface area contributed by atoms with Gasteiger partial charge in [0.2, 0.25) is 0 Å². The van der Waals surface area contributed by atoms with Crippen LogP contribution >= 0.6 is 23.2 Å². The molecule has 20 heavy (non-hydrogen) atoms. The number of hydrogen-bond acceptors (Lipinski definition) is 2. The van der Waals surface area contributed by atoms with Gasteiger partial charge in [0.25, 0.3) is 5.91 Å². The molecule has 0 aliphatic carbocycles. The Labute approximate surface area is 124 Å². The first-order valence-electron chi connectivity index (χ1n) is 5.58. The number of hydrogen-bond donors (Lipinski definition) is 2. The molecule has 0 atom stereocenters. The minimum atomic E-state index is -1.25. The lowest BCUT2D eigenvalue weighted by molar-refractivity contribution is 0.0692. The molecule has 1 amide bonds. The maximum Gasteiger partial charge on any atom is 0.336 e. The summed E-state index contributed by atoms with van der Waals surface area (Å²) in [6.45, 7) is 0. The van der Waals surface area contributed by atoms with E-state index in [0.717, 1.165) is 6.07 Å². The highest BCUT2D eigenvalue weighted by Crippen LogP contribution is 2.26. The molecule has 0 fully saturated rings. The molecule has 6 heteroatoms. The number of carboxylic acids is 1. The fourth-order valence-electron chi connectivity index (χ4n) is 1.63. The van der Waals surface area contributed by atoms with E-state index in [1.807, 2.05) is 0 Å². The largest absolute Gasteiger partial charge is 0.478 e. The Morgan fingerprint density at radius 2 is 1.50 bits per heavy atom. The Morgan fingerprint density at radius 1 is 0.950 bits per heavy atom. The number of carbonyl (C=O) groups is 2. The van der Waals surface area contributed by atoms with E-state index in [4.69, 9.17) is 28.3 Å². The predicted molar refractivity (Wildman–Crippen MR) is 77.8 cm³/mol. The zero-order valence-corrected chi connectivity index (χ0v) is 11.6. The first-order chi connectivity index (χ1) is 9.49. The van der Waals surface area contributed by atoms with Crippen molar-refractivity contribution in [3.63, 3.8) is 0 Å². The molecular formula is C14H9Cl2NO3. The lowest BCUT2D eigenvalue weighted by Gasteiger charge is -2.09. The lowest BCUT2D eigenvalue weighted by Crippen LogP contribution is -2.16. The number of rotatable bonds is 3. The Bertz CT molecular complexity index is 672. The van der Waals surface area contributed by atoms with Gasteiger partial charge in [-0.3, -0.25) is 4.79 Å². The monoisotopic (exact) mass is 309 g/mol. The van der Waals surface area contributed by atoms with Gasteiger partial charge in [0, 0.05) is 5.69 Å². The smallest absolute Gasteiger partial charge is 0.336 e. The summed E-state index contributed by atoms with van der Waals surface area (Å²) in [4.78, 5) is 23.3. The molecule has 2 rings (SSSR count). The molecular weight excluding hydrogens is 301 g/mol. The Hall–Kier alpha value is -2.04. The fourth-order valence-corrected chi connectivity index (χ4v) is 1.96. The Kier molecular flexibility index (Phi) is 4.27. The van der Waals surface area contributed by atoms with Crippen LogP contribution in [0.15, 0.2) is 42.5 Å². The van der Waals surface area contributed by atoms with Gasteiger partial charge < -0.3 is 10.4 Å². The molecule has 0 aromatic heterocycles. The topological polar surface area (TPSA) is 66.4 Å². The minimum Gasteiger partial charge on any atom is -0.478 e. The first kappa shape index (κ1) is 14.4.